The van der Waals surface area contributed by atoms with Crippen molar-refractivity contribution in [2.45, 2.75) is 32.6 Å². The van der Waals surface area contributed by atoms with E-state index in [1.165, 1.54) is 22.2 Å². The number of para-hydroxylation sites is 1. The third-order valence-corrected chi connectivity index (χ3v) is 4.18. The predicted octanol–water partition coefficient (Wildman–Crippen LogP) is 3.40. The zero-order chi connectivity index (χ0) is 13.4. The molecule has 1 aromatic heterocycles. The SMILES string of the molecule is CCOC(=O)C1CCc2[nH]c3ccccc3c2C1C. The van der Waals surface area contributed by atoms with E-state index >= 15 is 0 Å². The molecule has 1 aromatic carbocycles. The van der Waals surface area contributed by atoms with Crippen LogP contribution in [0.5, 0.6) is 0 Å². The first-order valence-electron chi connectivity index (χ1n) is 6.98. The second kappa shape index (κ2) is 4.72. The molecule has 1 heterocycles. The number of H-pyrrole nitrogens is 1. The van der Waals surface area contributed by atoms with Crippen molar-refractivity contribution in [3.63, 3.8) is 0 Å². The van der Waals surface area contributed by atoms with E-state index in [2.05, 4.69) is 30.1 Å². The Kier molecular flexibility index (Phi) is 3.05. The van der Waals surface area contributed by atoms with Gasteiger partial charge in [0.05, 0.1) is 12.5 Å². The normalized spacial score (nSPS) is 22.2. The van der Waals surface area contributed by atoms with Gasteiger partial charge in [-0.3, -0.25) is 4.79 Å². The Morgan fingerprint density at radius 3 is 3.00 bits per heavy atom. The number of carbonyl (C=O) groups is 1. The molecule has 2 aromatic rings. The summed E-state index contributed by atoms with van der Waals surface area (Å²) in [7, 11) is 0. The molecule has 19 heavy (non-hydrogen) atoms. The van der Waals surface area contributed by atoms with E-state index in [-0.39, 0.29) is 17.8 Å². The van der Waals surface area contributed by atoms with Gasteiger partial charge in [-0.2, -0.15) is 0 Å². The van der Waals surface area contributed by atoms with Crippen molar-refractivity contribution >= 4 is 16.9 Å². The maximum absolute atomic E-state index is 12.0. The Bertz CT molecular complexity index is 614. The Balaban J connectivity index is 2.02. The highest BCUT2D eigenvalue weighted by Gasteiger charge is 2.34. The van der Waals surface area contributed by atoms with E-state index in [4.69, 9.17) is 4.74 Å². The molecule has 0 saturated heterocycles. The number of ether oxygens (including phenoxy) is 1. The molecule has 0 fully saturated rings. The van der Waals surface area contributed by atoms with Gasteiger partial charge < -0.3 is 9.72 Å². The van der Waals surface area contributed by atoms with Crippen LogP contribution in [0.1, 0.15) is 37.4 Å². The van der Waals surface area contributed by atoms with Gasteiger partial charge in [0.25, 0.3) is 0 Å². The molecule has 2 unspecified atom stereocenters. The summed E-state index contributed by atoms with van der Waals surface area (Å²) in [5, 5.41) is 1.25. The van der Waals surface area contributed by atoms with Crippen molar-refractivity contribution in [3.8, 4) is 0 Å². The van der Waals surface area contributed by atoms with Crippen molar-refractivity contribution in [1.82, 2.24) is 4.98 Å². The van der Waals surface area contributed by atoms with Crippen LogP contribution in [0.2, 0.25) is 0 Å². The highest BCUT2D eigenvalue weighted by Crippen LogP contribution is 2.40. The first-order chi connectivity index (χ1) is 9.22. The van der Waals surface area contributed by atoms with E-state index < -0.39 is 0 Å². The standard InChI is InChI=1S/C16H19NO2/c1-3-19-16(18)11-8-9-14-15(10(11)2)12-6-4-5-7-13(12)17-14/h4-7,10-11,17H,3,8-9H2,1-2H3. The molecular formula is C16H19NO2. The lowest BCUT2D eigenvalue weighted by Crippen LogP contribution is -2.27. The first kappa shape index (κ1) is 12.3. The molecule has 0 radical (unpaired) electrons. The molecule has 1 aliphatic carbocycles. The summed E-state index contributed by atoms with van der Waals surface area (Å²) in [6.45, 7) is 4.46. The van der Waals surface area contributed by atoms with Gasteiger partial charge in [0.2, 0.25) is 0 Å². The number of esters is 1. The lowest BCUT2D eigenvalue weighted by Gasteiger charge is -2.27. The number of hydrogen-bond acceptors (Lipinski definition) is 2. The van der Waals surface area contributed by atoms with E-state index in [9.17, 15) is 4.79 Å². The van der Waals surface area contributed by atoms with Gasteiger partial charge in [-0.25, -0.2) is 0 Å². The molecule has 0 bridgehead atoms. The number of hydrogen-bond donors (Lipinski definition) is 1. The van der Waals surface area contributed by atoms with Crippen LogP contribution in [0.15, 0.2) is 24.3 Å². The molecule has 0 saturated carbocycles. The smallest absolute Gasteiger partial charge is 0.309 e. The molecule has 0 amide bonds. The summed E-state index contributed by atoms with van der Waals surface area (Å²) < 4.78 is 5.21. The fourth-order valence-electron chi connectivity index (χ4n) is 3.26. The van der Waals surface area contributed by atoms with Crippen molar-refractivity contribution in [3.05, 3.63) is 35.5 Å². The minimum absolute atomic E-state index is 0.00773. The highest BCUT2D eigenvalue weighted by molar-refractivity contribution is 5.87. The summed E-state index contributed by atoms with van der Waals surface area (Å²) in [5.41, 5.74) is 3.76. The number of nitrogens with one attached hydrogen (secondary N) is 1. The maximum Gasteiger partial charge on any atom is 0.309 e. The van der Waals surface area contributed by atoms with E-state index in [0.717, 1.165) is 12.8 Å². The number of aryl methyl sites for hydroxylation is 1. The average molecular weight is 257 g/mol. The second-order valence-corrected chi connectivity index (χ2v) is 5.25. The minimum atomic E-state index is -0.0501. The fourth-order valence-corrected chi connectivity index (χ4v) is 3.26. The van der Waals surface area contributed by atoms with Crippen molar-refractivity contribution < 1.29 is 9.53 Å². The van der Waals surface area contributed by atoms with Gasteiger partial charge in [0.15, 0.2) is 0 Å². The van der Waals surface area contributed by atoms with Gasteiger partial charge >= 0.3 is 5.97 Å². The number of aromatic amines is 1. The van der Waals surface area contributed by atoms with E-state index in [1.807, 2.05) is 13.0 Å². The Morgan fingerprint density at radius 2 is 2.21 bits per heavy atom. The van der Waals surface area contributed by atoms with Crippen LogP contribution in [-0.2, 0) is 16.0 Å². The molecule has 100 valence electrons. The molecule has 1 N–H and O–H groups in total. The number of aromatic nitrogens is 1. The summed E-state index contributed by atoms with van der Waals surface area (Å²) in [6, 6.07) is 8.32. The molecule has 1 aliphatic rings. The van der Waals surface area contributed by atoms with Crippen LogP contribution >= 0.6 is 0 Å². The van der Waals surface area contributed by atoms with E-state index in [1.54, 1.807) is 0 Å². The topological polar surface area (TPSA) is 42.1 Å². The van der Waals surface area contributed by atoms with Crippen LogP contribution < -0.4 is 0 Å². The lowest BCUT2D eigenvalue weighted by atomic mass is 9.78. The predicted molar refractivity (Wildman–Crippen MR) is 75.2 cm³/mol. The molecule has 2 atom stereocenters. The van der Waals surface area contributed by atoms with Crippen molar-refractivity contribution in [2.75, 3.05) is 6.61 Å². The highest BCUT2D eigenvalue weighted by atomic mass is 16.5. The number of fused-ring (bicyclic) bond motifs is 3. The third kappa shape index (κ3) is 1.93. The number of benzene rings is 1. The van der Waals surface area contributed by atoms with Crippen LogP contribution in [0.4, 0.5) is 0 Å². The van der Waals surface area contributed by atoms with Crippen LogP contribution in [0.3, 0.4) is 0 Å². The monoisotopic (exact) mass is 257 g/mol. The third-order valence-electron chi connectivity index (χ3n) is 4.18. The summed E-state index contributed by atoms with van der Waals surface area (Å²) >= 11 is 0. The number of rotatable bonds is 2. The molecule has 0 spiro atoms. The quantitative estimate of drug-likeness (QED) is 0.838. The van der Waals surface area contributed by atoms with Gasteiger partial charge in [0.1, 0.15) is 0 Å². The summed E-state index contributed by atoms with van der Waals surface area (Å²) in [6.07, 6.45) is 1.80. The Labute approximate surface area is 113 Å². The summed E-state index contributed by atoms with van der Waals surface area (Å²) in [5.74, 6) is 0.163. The molecule has 3 rings (SSSR count). The minimum Gasteiger partial charge on any atom is -0.466 e. The van der Waals surface area contributed by atoms with Gasteiger partial charge in [0, 0.05) is 16.6 Å². The lowest BCUT2D eigenvalue weighted by molar-refractivity contribution is -0.149. The van der Waals surface area contributed by atoms with Crippen molar-refractivity contribution in [1.29, 1.82) is 0 Å². The average Bonchev–Trinajstić information content (AvgIpc) is 2.78. The molecule has 3 nitrogen and oxygen atoms in total. The van der Waals surface area contributed by atoms with Gasteiger partial charge in [-0.05, 0) is 37.3 Å². The molecular weight excluding hydrogens is 238 g/mol. The summed E-state index contributed by atoms with van der Waals surface area (Å²) in [4.78, 5) is 15.5. The molecule has 0 aliphatic heterocycles. The molecule has 3 heteroatoms. The zero-order valence-corrected chi connectivity index (χ0v) is 11.4. The van der Waals surface area contributed by atoms with Crippen LogP contribution in [0.25, 0.3) is 10.9 Å². The zero-order valence-electron chi connectivity index (χ0n) is 11.4. The van der Waals surface area contributed by atoms with Gasteiger partial charge in [-0.1, -0.05) is 25.1 Å². The number of carbonyl (C=O) groups excluding carboxylic acids is 1. The van der Waals surface area contributed by atoms with Crippen molar-refractivity contribution in [2.24, 2.45) is 5.92 Å². The first-order valence-corrected chi connectivity index (χ1v) is 6.98. The fraction of sp³-hybridized carbons (Fsp3) is 0.438. The van der Waals surface area contributed by atoms with Gasteiger partial charge in [-0.15, -0.1) is 0 Å². The van der Waals surface area contributed by atoms with Crippen LogP contribution in [0, 0.1) is 5.92 Å². The maximum atomic E-state index is 12.0. The largest absolute Gasteiger partial charge is 0.466 e. The Hall–Kier alpha value is -1.77. The second-order valence-electron chi connectivity index (χ2n) is 5.25. The van der Waals surface area contributed by atoms with E-state index in [0.29, 0.717) is 6.61 Å². The van der Waals surface area contributed by atoms with Crippen LogP contribution in [-0.4, -0.2) is 17.6 Å². The Morgan fingerprint density at radius 1 is 1.42 bits per heavy atom.